The highest BCUT2D eigenvalue weighted by atomic mass is 16.5. The highest BCUT2D eigenvalue weighted by Crippen LogP contribution is 2.42. The van der Waals surface area contributed by atoms with Crippen molar-refractivity contribution in [2.24, 2.45) is 0 Å². The van der Waals surface area contributed by atoms with Crippen molar-refractivity contribution in [3.8, 4) is 5.75 Å². The van der Waals surface area contributed by atoms with Gasteiger partial charge in [-0.05, 0) is 36.1 Å². The molecule has 1 N–H and O–H groups in total. The van der Waals surface area contributed by atoms with E-state index in [1.165, 1.54) is 0 Å². The van der Waals surface area contributed by atoms with Gasteiger partial charge in [0.15, 0.2) is 0 Å². The Morgan fingerprint density at radius 1 is 1.14 bits per heavy atom. The maximum Gasteiger partial charge on any atom is 0.231 e. The fourth-order valence-corrected chi connectivity index (χ4v) is 4.36. The number of methoxy groups -OCH3 is 1. The van der Waals surface area contributed by atoms with Crippen LogP contribution >= 0.6 is 0 Å². The zero-order chi connectivity index (χ0) is 20.1. The molecule has 5 heteroatoms. The first kappa shape index (κ1) is 19.2. The molecular weight excluding hydrogens is 362 g/mol. The normalized spacial score (nSPS) is 16.3. The Labute approximate surface area is 171 Å². The highest BCUT2D eigenvalue weighted by Gasteiger charge is 2.43. The second kappa shape index (κ2) is 8.52. The lowest BCUT2D eigenvalue weighted by atomic mass is 9.77. The first-order valence-corrected chi connectivity index (χ1v) is 10.2. The number of hydrogen-bond acceptors (Lipinski definition) is 3. The predicted molar refractivity (Wildman–Crippen MR) is 113 cm³/mol. The topological polar surface area (TPSA) is 56.1 Å². The Morgan fingerprint density at radius 3 is 2.48 bits per heavy atom. The molecule has 1 fully saturated rings. The van der Waals surface area contributed by atoms with E-state index < -0.39 is 5.41 Å². The number of aromatic nitrogens is 2. The van der Waals surface area contributed by atoms with Gasteiger partial charge in [0.2, 0.25) is 5.91 Å². The summed E-state index contributed by atoms with van der Waals surface area (Å²) < 4.78 is 7.30. The number of carbonyl (C=O) groups is 1. The minimum absolute atomic E-state index is 0.106. The molecule has 1 aliphatic carbocycles. The van der Waals surface area contributed by atoms with Crippen LogP contribution in [0, 0.1) is 0 Å². The van der Waals surface area contributed by atoms with Crippen LogP contribution in [-0.4, -0.2) is 22.6 Å². The molecule has 29 heavy (non-hydrogen) atoms. The quantitative estimate of drug-likeness (QED) is 0.657. The van der Waals surface area contributed by atoms with E-state index in [9.17, 15) is 4.79 Å². The number of rotatable bonds is 7. The fourth-order valence-electron chi connectivity index (χ4n) is 4.36. The van der Waals surface area contributed by atoms with E-state index in [0.29, 0.717) is 6.54 Å². The minimum atomic E-state index is -0.478. The summed E-state index contributed by atoms with van der Waals surface area (Å²) in [5, 5.41) is 3.36. The summed E-state index contributed by atoms with van der Waals surface area (Å²) in [4.78, 5) is 17.8. The molecule has 1 heterocycles. The van der Waals surface area contributed by atoms with Crippen molar-refractivity contribution in [1.82, 2.24) is 14.9 Å². The van der Waals surface area contributed by atoms with Crippen LogP contribution in [0.2, 0.25) is 0 Å². The molecule has 1 amide bonds. The van der Waals surface area contributed by atoms with E-state index in [0.717, 1.165) is 42.6 Å². The standard InChI is InChI=1S/C24H27N3O2/c1-29-21-11-9-20(10-12-21)24(13-5-6-14-24)23(28)26-22(17-27-16-15-25-18-27)19-7-3-2-4-8-19/h2-4,7-12,15-16,18,22H,5-6,13-14,17H2,1H3,(H,26,28)/t22-/m1/s1. The van der Waals surface area contributed by atoms with Gasteiger partial charge in [-0.15, -0.1) is 0 Å². The molecule has 0 spiro atoms. The van der Waals surface area contributed by atoms with Crippen LogP contribution in [0.1, 0.15) is 42.9 Å². The van der Waals surface area contributed by atoms with Crippen molar-refractivity contribution < 1.29 is 9.53 Å². The van der Waals surface area contributed by atoms with Gasteiger partial charge in [0.25, 0.3) is 0 Å². The predicted octanol–water partition coefficient (Wildman–Crippen LogP) is 4.26. The van der Waals surface area contributed by atoms with Crippen molar-refractivity contribution in [2.75, 3.05) is 7.11 Å². The van der Waals surface area contributed by atoms with Gasteiger partial charge in [0.05, 0.1) is 24.9 Å². The van der Waals surface area contributed by atoms with Crippen LogP contribution in [0.25, 0.3) is 0 Å². The molecule has 1 atom stereocenters. The van der Waals surface area contributed by atoms with Crippen LogP contribution in [0.15, 0.2) is 73.3 Å². The average molecular weight is 389 g/mol. The minimum Gasteiger partial charge on any atom is -0.497 e. The first-order chi connectivity index (χ1) is 14.2. The first-order valence-electron chi connectivity index (χ1n) is 10.2. The molecule has 2 aromatic carbocycles. The van der Waals surface area contributed by atoms with Crippen molar-refractivity contribution in [3.05, 3.63) is 84.4 Å². The van der Waals surface area contributed by atoms with Gasteiger partial charge in [0, 0.05) is 18.9 Å². The molecule has 3 aromatic rings. The monoisotopic (exact) mass is 389 g/mol. The summed E-state index contributed by atoms with van der Waals surface area (Å²) >= 11 is 0. The summed E-state index contributed by atoms with van der Waals surface area (Å²) in [5.41, 5.74) is 1.69. The van der Waals surface area contributed by atoms with Crippen molar-refractivity contribution in [1.29, 1.82) is 0 Å². The Morgan fingerprint density at radius 2 is 1.86 bits per heavy atom. The van der Waals surface area contributed by atoms with E-state index in [-0.39, 0.29) is 11.9 Å². The highest BCUT2D eigenvalue weighted by molar-refractivity contribution is 5.89. The Balaban J connectivity index is 1.62. The lowest BCUT2D eigenvalue weighted by Crippen LogP contribution is -2.45. The summed E-state index contributed by atoms with van der Waals surface area (Å²) in [6.45, 7) is 0.647. The van der Waals surface area contributed by atoms with Gasteiger partial charge in [-0.3, -0.25) is 4.79 Å². The van der Waals surface area contributed by atoms with Gasteiger partial charge in [0.1, 0.15) is 5.75 Å². The smallest absolute Gasteiger partial charge is 0.231 e. The molecule has 0 radical (unpaired) electrons. The number of imidazole rings is 1. The van der Waals surface area contributed by atoms with E-state index in [4.69, 9.17) is 4.74 Å². The van der Waals surface area contributed by atoms with Crippen LogP contribution in [0.4, 0.5) is 0 Å². The lowest BCUT2D eigenvalue weighted by molar-refractivity contribution is -0.127. The molecule has 5 nitrogen and oxygen atoms in total. The fraction of sp³-hybridized carbons (Fsp3) is 0.333. The molecule has 150 valence electrons. The number of nitrogens with zero attached hydrogens (tertiary/aromatic N) is 2. The van der Waals surface area contributed by atoms with E-state index in [2.05, 4.69) is 22.4 Å². The van der Waals surface area contributed by atoms with Crippen LogP contribution < -0.4 is 10.1 Å². The molecule has 1 saturated carbocycles. The van der Waals surface area contributed by atoms with Crippen molar-refractivity contribution >= 4 is 5.91 Å². The number of benzene rings is 2. The number of amides is 1. The third kappa shape index (κ3) is 4.04. The Hall–Kier alpha value is -3.08. The third-order valence-electron chi connectivity index (χ3n) is 5.99. The second-order valence-electron chi connectivity index (χ2n) is 7.71. The summed E-state index contributed by atoms with van der Waals surface area (Å²) in [6, 6.07) is 18.0. The number of hydrogen-bond donors (Lipinski definition) is 1. The number of ether oxygens (including phenoxy) is 1. The van der Waals surface area contributed by atoms with Crippen LogP contribution in [-0.2, 0) is 16.8 Å². The zero-order valence-electron chi connectivity index (χ0n) is 16.8. The molecule has 0 unspecified atom stereocenters. The van der Waals surface area contributed by atoms with Gasteiger partial charge in [-0.25, -0.2) is 4.98 Å². The van der Waals surface area contributed by atoms with Gasteiger partial charge >= 0.3 is 0 Å². The molecule has 0 bridgehead atoms. The molecule has 1 aliphatic rings. The Bertz CT molecular complexity index is 915. The third-order valence-corrected chi connectivity index (χ3v) is 5.99. The lowest BCUT2D eigenvalue weighted by Gasteiger charge is -2.31. The molecule has 1 aromatic heterocycles. The van der Waals surface area contributed by atoms with Crippen LogP contribution in [0.3, 0.4) is 0 Å². The van der Waals surface area contributed by atoms with Gasteiger partial charge in [-0.1, -0.05) is 55.3 Å². The molecular formula is C24H27N3O2. The van der Waals surface area contributed by atoms with Crippen molar-refractivity contribution in [2.45, 2.75) is 43.7 Å². The number of nitrogens with one attached hydrogen (secondary N) is 1. The maximum absolute atomic E-state index is 13.7. The maximum atomic E-state index is 13.7. The largest absolute Gasteiger partial charge is 0.497 e. The summed E-state index contributed by atoms with van der Waals surface area (Å²) in [5.74, 6) is 0.915. The van der Waals surface area contributed by atoms with E-state index in [1.807, 2.05) is 53.2 Å². The number of carbonyl (C=O) groups excluding carboxylic acids is 1. The molecule has 0 aliphatic heterocycles. The zero-order valence-corrected chi connectivity index (χ0v) is 16.8. The molecule has 0 saturated heterocycles. The Kier molecular flexibility index (Phi) is 5.65. The van der Waals surface area contributed by atoms with Crippen molar-refractivity contribution in [3.63, 3.8) is 0 Å². The summed E-state index contributed by atoms with van der Waals surface area (Å²) in [6.07, 6.45) is 9.36. The van der Waals surface area contributed by atoms with E-state index >= 15 is 0 Å². The summed E-state index contributed by atoms with van der Waals surface area (Å²) in [7, 11) is 1.66. The average Bonchev–Trinajstić information content (AvgIpc) is 3.47. The SMILES string of the molecule is COc1ccc(C2(C(=O)N[C@H](Cn3ccnc3)c3ccccc3)CCCC2)cc1. The molecule has 4 rings (SSSR count). The van der Waals surface area contributed by atoms with Crippen LogP contribution in [0.5, 0.6) is 5.75 Å². The van der Waals surface area contributed by atoms with E-state index in [1.54, 1.807) is 19.6 Å². The van der Waals surface area contributed by atoms with Gasteiger partial charge in [-0.2, -0.15) is 0 Å². The van der Waals surface area contributed by atoms with Gasteiger partial charge < -0.3 is 14.6 Å². The second-order valence-corrected chi connectivity index (χ2v) is 7.71.